The van der Waals surface area contributed by atoms with E-state index in [-0.39, 0.29) is 10.6 Å². The van der Waals surface area contributed by atoms with E-state index in [4.69, 9.17) is 5.73 Å². The second kappa shape index (κ2) is 5.73. The molecule has 112 valence electrons. The molecule has 0 bridgehead atoms. The number of anilines is 2. The summed E-state index contributed by atoms with van der Waals surface area (Å²) in [6.07, 6.45) is 0.535. The molecule has 0 aliphatic rings. The van der Waals surface area contributed by atoms with Gasteiger partial charge >= 0.3 is 0 Å². The van der Waals surface area contributed by atoms with E-state index in [2.05, 4.69) is 4.72 Å². The molecule has 0 spiro atoms. The van der Waals surface area contributed by atoms with Crippen LogP contribution in [0, 0.1) is 12.7 Å². The van der Waals surface area contributed by atoms with E-state index < -0.39 is 15.8 Å². The van der Waals surface area contributed by atoms with Crippen molar-refractivity contribution < 1.29 is 12.8 Å². The largest absolute Gasteiger partial charge is 0.399 e. The Labute approximate surface area is 123 Å². The van der Waals surface area contributed by atoms with Crippen LogP contribution in [0.3, 0.4) is 0 Å². The van der Waals surface area contributed by atoms with E-state index in [0.717, 1.165) is 0 Å². The highest BCUT2D eigenvalue weighted by atomic mass is 32.2. The number of rotatable bonds is 4. The minimum atomic E-state index is -3.89. The summed E-state index contributed by atoms with van der Waals surface area (Å²) >= 11 is 0. The van der Waals surface area contributed by atoms with Crippen LogP contribution in [0.15, 0.2) is 41.3 Å². The first kappa shape index (κ1) is 15.3. The van der Waals surface area contributed by atoms with Crippen LogP contribution in [-0.4, -0.2) is 8.42 Å². The molecule has 0 fully saturated rings. The molecule has 4 nitrogen and oxygen atoms in total. The second-order valence-electron chi connectivity index (χ2n) is 4.76. The zero-order valence-corrected chi connectivity index (χ0v) is 12.7. The Morgan fingerprint density at radius 2 is 1.95 bits per heavy atom. The Balaban J connectivity index is 2.51. The standard InChI is InChI=1S/C15H17FN2O2S/c1-3-11-7-8-12(17)9-14(11)21(19,20)18-15-10(2)5-4-6-13(15)16/h4-9,18H,3,17H2,1-2H3. The summed E-state index contributed by atoms with van der Waals surface area (Å²) < 4.78 is 41.1. The van der Waals surface area contributed by atoms with Crippen molar-refractivity contribution in [3.05, 3.63) is 53.3 Å². The fourth-order valence-corrected chi connectivity index (χ4v) is 3.55. The van der Waals surface area contributed by atoms with E-state index in [1.807, 2.05) is 6.92 Å². The SMILES string of the molecule is CCc1ccc(N)cc1S(=O)(=O)Nc1c(C)cccc1F. The number of para-hydroxylation sites is 1. The quantitative estimate of drug-likeness (QED) is 0.853. The number of benzene rings is 2. The normalized spacial score (nSPS) is 11.4. The molecule has 0 radical (unpaired) electrons. The third-order valence-corrected chi connectivity index (χ3v) is 4.65. The predicted octanol–water partition coefficient (Wildman–Crippen LogP) is 3.08. The van der Waals surface area contributed by atoms with Gasteiger partial charge in [0.1, 0.15) is 5.82 Å². The number of hydrogen-bond acceptors (Lipinski definition) is 3. The Kier molecular flexibility index (Phi) is 4.18. The zero-order valence-electron chi connectivity index (χ0n) is 11.9. The smallest absolute Gasteiger partial charge is 0.262 e. The Hall–Kier alpha value is -2.08. The molecule has 0 aliphatic heterocycles. The van der Waals surface area contributed by atoms with Gasteiger partial charge in [0.05, 0.1) is 10.6 Å². The van der Waals surface area contributed by atoms with E-state index in [1.165, 1.54) is 18.2 Å². The number of halogens is 1. The minimum absolute atomic E-state index is 0.0398. The third-order valence-electron chi connectivity index (χ3n) is 3.22. The summed E-state index contributed by atoms with van der Waals surface area (Å²) in [7, 11) is -3.89. The number of hydrogen-bond donors (Lipinski definition) is 2. The fraction of sp³-hybridized carbons (Fsp3) is 0.200. The average molecular weight is 308 g/mol. The lowest BCUT2D eigenvalue weighted by molar-refractivity contribution is 0.597. The maximum Gasteiger partial charge on any atom is 0.262 e. The van der Waals surface area contributed by atoms with Crippen LogP contribution in [0.1, 0.15) is 18.1 Å². The van der Waals surface area contributed by atoms with Gasteiger partial charge in [0.25, 0.3) is 10.0 Å². The predicted molar refractivity (Wildman–Crippen MR) is 82.2 cm³/mol. The summed E-state index contributed by atoms with van der Waals surface area (Å²) in [5, 5.41) is 0. The molecule has 3 N–H and O–H groups in total. The lowest BCUT2D eigenvalue weighted by Gasteiger charge is -2.14. The summed E-state index contributed by atoms with van der Waals surface area (Å²) in [4.78, 5) is 0.0765. The highest BCUT2D eigenvalue weighted by Gasteiger charge is 2.20. The highest BCUT2D eigenvalue weighted by molar-refractivity contribution is 7.92. The van der Waals surface area contributed by atoms with E-state index in [1.54, 1.807) is 25.1 Å². The van der Waals surface area contributed by atoms with Crippen molar-refractivity contribution in [1.82, 2.24) is 0 Å². The zero-order chi connectivity index (χ0) is 15.6. The average Bonchev–Trinajstić information content (AvgIpc) is 2.43. The first-order chi connectivity index (χ1) is 9.85. The molecule has 0 aromatic heterocycles. The second-order valence-corrected chi connectivity index (χ2v) is 6.41. The van der Waals surface area contributed by atoms with Crippen molar-refractivity contribution in [3.8, 4) is 0 Å². The maximum atomic E-state index is 13.8. The summed E-state index contributed by atoms with van der Waals surface area (Å²) in [6.45, 7) is 3.49. The molecule has 6 heteroatoms. The van der Waals surface area contributed by atoms with Crippen LogP contribution >= 0.6 is 0 Å². The van der Waals surface area contributed by atoms with Gasteiger partial charge in [0.2, 0.25) is 0 Å². The molecule has 2 aromatic carbocycles. The van der Waals surface area contributed by atoms with Crippen molar-refractivity contribution in [2.24, 2.45) is 0 Å². The lowest BCUT2D eigenvalue weighted by Crippen LogP contribution is -2.17. The molecular formula is C15H17FN2O2S. The molecule has 0 saturated carbocycles. The van der Waals surface area contributed by atoms with Gasteiger partial charge in [-0.2, -0.15) is 0 Å². The van der Waals surface area contributed by atoms with Crippen LogP contribution < -0.4 is 10.5 Å². The van der Waals surface area contributed by atoms with Gasteiger partial charge < -0.3 is 5.73 Å². The third kappa shape index (κ3) is 3.16. The van der Waals surface area contributed by atoms with Gasteiger partial charge in [0, 0.05) is 5.69 Å². The molecule has 21 heavy (non-hydrogen) atoms. The van der Waals surface area contributed by atoms with Crippen molar-refractivity contribution in [2.75, 3.05) is 10.5 Å². The summed E-state index contributed by atoms with van der Waals surface area (Å²) in [5.74, 6) is -0.611. The summed E-state index contributed by atoms with van der Waals surface area (Å²) in [5.41, 5.74) is 7.12. The molecule has 0 unspecified atom stereocenters. The molecular weight excluding hydrogens is 291 g/mol. The number of nitrogen functional groups attached to an aromatic ring is 1. The first-order valence-electron chi connectivity index (χ1n) is 6.51. The molecule has 0 amide bonds. The van der Waals surface area contributed by atoms with Crippen LogP contribution in [0.25, 0.3) is 0 Å². The topological polar surface area (TPSA) is 72.2 Å². The number of nitrogens with one attached hydrogen (secondary N) is 1. The number of nitrogens with two attached hydrogens (primary N) is 1. The lowest BCUT2D eigenvalue weighted by atomic mass is 10.1. The summed E-state index contributed by atoms with van der Waals surface area (Å²) in [6, 6.07) is 9.08. The molecule has 0 atom stereocenters. The van der Waals surface area contributed by atoms with Crippen LogP contribution in [0.4, 0.5) is 15.8 Å². The Morgan fingerprint density at radius 1 is 1.24 bits per heavy atom. The van der Waals surface area contributed by atoms with Crippen molar-refractivity contribution in [2.45, 2.75) is 25.2 Å². The first-order valence-corrected chi connectivity index (χ1v) is 8.00. The van der Waals surface area contributed by atoms with Gasteiger partial charge in [-0.3, -0.25) is 4.72 Å². The van der Waals surface area contributed by atoms with Crippen molar-refractivity contribution in [1.29, 1.82) is 0 Å². The fourth-order valence-electron chi connectivity index (χ4n) is 2.06. The molecule has 0 heterocycles. The highest BCUT2D eigenvalue weighted by Crippen LogP contribution is 2.26. The molecule has 2 rings (SSSR count). The monoisotopic (exact) mass is 308 g/mol. The van der Waals surface area contributed by atoms with Gasteiger partial charge in [-0.05, 0) is 42.7 Å². The van der Waals surface area contributed by atoms with E-state index in [0.29, 0.717) is 23.2 Å². The minimum Gasteiger partial charge on any atom is -0.399 e. The van der Waals surface area contributed by atoms with E-state index in [9.17, 15) is 12.8 Å². The molecule has 0 saturated heterocycles. The maximum absolute atomic E-state index is 13.8. The van der Waals surface area contributed by atoms with Gasteiger partial charge in [-0.1, -0.05) is 25.1 Å². The number of aryl methyl sites for hydroxylation is 2. The Morgan fingerprint density at radius 3 is 2.57 bits per heavy atom. The van der Waals surface area contributed by atoms with Crippen LogP contribution in [0.5, 0.6) is 0 Å². The number of sulfonamides is 1. The van der Waals surface area contributed by atoms with Gasteiger partial charge in [-0.25, -0.2) is 12.8 Å². The molecule has 0 aliphatic carbocycles. The van der Waals surface area contributed by atoms with Gasteiger partial charge in [0.15, 0.2) is 0 Å². The van der Waals surface area contributed by atoms with Crippen molar-refractivity contribution >= 4 is 21.4 Å². The van der Waals surface area contributed by atoms with Crippen LogP contribution in [0.2, 0.25) is 0 Å². The van der Waals surface area contributed by atoms with E-state index >= 15 is 0 Å². The molecule has 2 aromatic rings. The Bertz CT molecular complexity index is 753. The van der Waals surface area contributed by atoms with Gasteiger partial charge in [-0.15, -0.1) is 0 Å². The van der Waals surface area contributed by atoms with Crippen LogP contribution in [-0.2, 0) is 16.4 Å². The van der Waals surface area contributed by atoms with Crippen molar-refractivity contribution in [3.63, 3.8) is 0 Å².